The van der Waals surface area contributed by atoms with Crippen LogP contribution in [0.4, 0.5) is 0 Å². The molecular weight excluding hydrogens is 172 g/mol. The highest BCUT2D eigenvalue weighted by Gasteiger charge is 1.95. The van der Waals surface area contributed by atoms with Crippen molar-refractivity contribution >= 4 is 0 Å². The van der Waals surface area contributed by atoms with Gasteiger partial charge in [-0.2, -0.15) is 0 Å². The van der Waals surface area contributed by atoms with Crippen LogP contribution in [0, 0.1) is 6.92 Å². The van der Waals surface area contributed by atoms with E-state index in [1.807, 2.05) is 6.07 Å². The van der Waals surface area contributed by atoms with Gasteiger partial charge < -0.3 is 0 Å². The van der Waals surface area contributed by atoms with E-state index in [0.29, 0.717) is 0 Å². The monoisotopic (exact) mass is 184 g/mol. The summed E-state index contributed by atoms with van der Waals surface area (Å²) in [5.74, 6) is 0. The highest BCUT2D eigenvalue weighted by Crippen LogP contribution is 2.07. The summed E-state index contributed by atoms with van der Waals surface area (Å²) in [7, 11) is 0. The van der Waals surface area contributed by atoms with Crippen LogP contribution >= 0.6 is 0 Å². The van der Waals surface area contributed by atoms with Crippen LogP contribution in [-0.2, 0) is 6.42 Å². The second-order valence-electron chi connectivity index (χ2n) is 3.36. The summed E-state index contributed by atoms with van der Waals surface area (Å²) >= 11 is 0. The molecule has 0 radical (unpaired) electrons. The van der Waals surface area contributed by atoms with E-state index in [2.05, 4.69) is 41.2 Å². The van der Waals surface area contributed by atoms with Gasteiger partial charge in [-0.1, -0.05) is 29.8 Å². The van der Waals surface area contributed by atoms with Gasteiger partial charge in [-0.3, -0.25) is 0 Å². The number of aromatic nitrogens is 2. The summed E-state index contributed by atoms with van der Waals surface area (Å²) in [5, 5.41) is 0. The molecule has 0 N–H and O–H groups in total. The van der Waals surface area contributed by atoms with Crippen molar-refractivity contribution in [1.29, 1.82) is 0 Å². The third-order valence-corrected chi connectivity index (χ3v) is 2.15. The highest BCUT2D eigenvalue weighted by molar-refractivity contribution is 5.24. The molecule has 0 bridgehead atoms. The topological polar surface area (TPSA) is 25.8 Å². The lowest BCUT2D eigenvalue weighted by atomic mass is 10.1. The van der Waals surface area contributed by atoms with Gasteiger partial charge in [0.15, 0.2) is 0 Å². The minimum atomic E-state index is 0.878. The molecule has 0 spiro atoms. The van der Waals surface area contributed by atoms with E-state index in [-0.39, 0.29) is 0 Å². The number of hydrogen-bond acceptors (Lipinski definition) is 2. The van der Waals surface area contributed by atoms with Gasteiger partial charge in [0.1, 0.15) is 6.33 Å². The minimum Gasteiger partial charge on any atom is -0.245 e. The molecule has 0 aliphatic heterocycles. The lowest BCUT2D eigenvalue weighted by Gasteiger charge is -2.00. The lowest BCUT2D eigenvalue weighted by molar-refractivity contribution is 1.03. The van der Waals surface area contributed by atoms with Crippen molar-refractivity contribution in [3.63, 3.8) is 0 Å². The quantitative estimate of drug-likeness (QED) is 0.716. The van der Waals surface area contributed by atoms with E-state index in [0.717, 1.165) is 12.1 Å². The predicted molar refractivity (Wildman–Crippen MR) is 56.0 cm³/mol. The number of nitrogens with zero attached hydrogens (tertiary/aromatic N) is 2. The molecule has 0 amide bonds. The van der Waals surface area contributed by atoms with Crippen molar-refractivity contribution in [3.05, 3.63) is 59.7 Å². The molecule has 2 aromatic rings. The van der Waals surface area contributed by atoms with E-state index in [1.165, 1.54) is 11.1 Å². The standard InChI is InChI=1S/C12H12N2/c1-10-2-4-11(5-3-10)8-12-6-7-13-9-14-12/h2-7,9H,8H2,1H3. The number of hydrogen-bond donors (Lipinski definition) is 0. The van der Waals surface area contributed by atoms with Crippen LogP contribution < -0.4 is 0 Å². The maximum absolute atomic E-state index is 4.19. The van der Waals surface area contributed by atoms with E-state index in [1.54, 1.807) is 12.5 Å². The first-order valence-corrected chi connectivity index (χ1v) is 4.65. The van der Waals surface area contributed by atoms with E-state index in [4.69, 9.17) is 0 Å². The Kier molecular flexibility index (Phi) is 2.54. The molecule has 2 heteroatoms. The number of aryl methyl sites for hydroxylation is 1. The fourth-order valence-electron chi connectivity index (χ4n) is 1.34. The first-order valence-electron chi connectivity index (χ1n) is 4.65. The van der Waals surface area contributed by atoms with E-state index < -0.39 is 0 Å². The van der Waals surface area contributed by atoms with Gasteiger partial charge >= 0.3 is 0 Å². The van der Waals surface area contributed by atoms with E-state index in [9.17, 15) is 0 Å². The third-order valence-electron chi connectivity index (χ3n) is 2.15. The minimum absolute atomic E-state index is 0.878. The van der Waals surface area contributed by atoms with E-state index >= 15 is 0 Å². The molecule has 2 rings (SSSR count). The van der Waals surface area contributed by atoms with Gasteiger partial charge in [0, 0.05) is 18.3 Å². The maximum Gasteiger partial charge on any atom is 0.115 e. The van der Waals surface area contributed by atoms with Crippen LogP contribution in [0.25, 0.3) is 0 Å². The smallest absolute Gasteiger partial charge is 0.115 e. The summed E-state index contributed by atoms with van der Waals surface area (Å²) in [6, 6.07) is 10.5. The Morgan fingerprint density at radius 1 is 1.07 bits per heavy atom. The molecule has 0 unspecified atom stereocenters. The molecule has 0 saturated carbocycles. The normalized spacial score (nSPS) is 10.1. The average molecular weight is 184 g/mol. The van der Waals surface area contributed by atoms with Gasteiger partial charge in [0.25, 0.3) is 0 Å². The fraction of sp³-hybridized carbons (Fsp3) is 0.167. The first kappa shape index (κ1) is 8.88. The summed E-state index contributed by atoms with van der Waals surface area (Å²) < 4.78 is 0. The van der Waals surface area contributed by atoms with Gasteiger partial charge in [-0.05, 0) is 18.6 Å². The number of rotatable bonds is 2. The van der Waals surface area contributed by atoms with Crippen LogP contribution in [0.1, 0.15) is 16.8 Å². The molecule has 1 heterocycles. The highest BCUT2D eigenvalue weighted by atomic mass is 14.8. The molecule has 70 valence electrons. The molecule has 0 atom stereocenters. The third kappa shape index (κ3) is 2.16. The van der Waals surface area contributed by atoms with Gasteiger partial charge in [0.05, 0.1) is 0 Å². The molecular formula is C12H12N2. The SMILES string of the molecule is Cc1ccc(Cc2ccncn2)cc1. The Bertz CT molecular complexity index is 392. The van der Waals surface area contributed by atoms with Crippen LogP contribution in [0.2, 0.25) is 0 Å². The van der Waals surface area contributed by atoms with Crippen LogP contribution in [-0.4, -0.2) is 9.97 Å². The Hall–Kier alpha value is -1.70. The molecule has 0 saturated heterocycles. The van der Waals surface area contributed by atoms with Gasteiger partial charge in [0.2, 0.25) is 0 Å². The Balaban J connectivity index is 2.16. The molecule has 14 heavy (non-hydrogen) atoms. The molecule has 0 aliphatic rings. The summed E-state index contributed by atoms with van der Waals surface area (Å²) in [5.41, 5.74) is 3.63. The largest absolute Gasteiger partial charge is 0.245 e. The maximum atomic E-state index is 4.19. The van der Waals surface area contributed by atoms with Crippen LogP contribution in [0.3, 0.4) is 0 Å². The molecule has 1 aromatic carbocycles. The predicted octanol–water partition coefficient (Wildman–Crippen LogP) is 2.38. The van der Waals surface area contributed by atoms with Crippen molar-refractivity contribution in [2.45, 2.75) is 13.3 Å². The number of benzene rings is 1. The zero-order chi connectivity index (χ0) is 9.80. The second kappa shape index (κ2) is 4.01. The van der Waals surface area contributed by atoms with Crippen LogP contribution in [0.5, 0.6) is 0 Å². The zero-order valence-corrected chi connectivity index (χ0v) is 8.14. The molecule has 0 aliphatic carbocycles. The van der Waals surface area contributed by atoms with Crippen molar-refractivity contribution < 1.29 is 0 Å². The van der Waals surface area contributed by atoms with Gasteiger partial charge in [-0.25, -0.2) is 9.97 Å². The Morgan fingerprint density at radius 3 is 2.50 bits per heavy atom. The Labute approximate surface area is 83.7 Å². The van der Waals surface area contributed by atoms with Crippen molar-refractivity contribution in [3.8, 4) is 0 Å². The Morgan fingerprint density at radius 2 is 1.86 bits per heavy atom. The van der Waals surface area contributed by atoms with Crippen molar-refractivity contribution in [1.82, 2.24) is 9.97 Å². The van der Waals surface area contributed by atoms with Gasteiger partial charge in [-0.15, -0.1) is 0 Å². The zero-order valence-electron chi connectivity index (χ0n) is 8.14. The van der Waals surface area contributed by atoms with Crippen molar-refractivity contribution in [2.75, 3.05) is 0 Å². The molecule has 0 fully saturated rings. The molecule has 2 nitrogen and oxygen atoms in total. The molecule has 1 aromatic heterocycles. The second-order valence-corrected chi connectivity index (χ2v) is 3.36. The average Bonchev–Trinajstić information content (AvgIpc) is 2.23. The lowest BCUT2D eigenvalue weighted by Crippen LogP contribution is -1.91. The van der Waals surface area contributed by atoms with Crippen LogP contribution in [0.15, 0.2) is 42.9 Å². The first-order chi connectivity index (χ1) is 6.84. The van der Waals surface area contributed by atoms with Crippen molar-refractivity contribution in [2.24, 2.45) is 0 Å². The summed E-state index contributed by atoms with van der Waals surface area (Å²) in [6.45, 7) is 2.09. The summed E-state index contributed by atoms with van der Waals surface area (Å²) in [4.78, 5) is 8.08. The fourth-order valence-corrected chi connectivity index (χ4v) is 1.34. The summed E-state index contributed by atoms with van der Waals surface area (Å²) in [6.07, 6.45) is 4.24.